The predicted octanol–water partition coefficient (Wildman–Crippen LogP) is 2.85. The lowest BCUT2D eigenvalue weighted by Gasteiger charge is -2.42. The summed E-state index contributed by atoms with van der Waals surface area (Å²) in [5.41, 5.74) is 2.42. The highest BCUT2D eigenvalue weighted by molar-refractivity contribution is 5.43. The largest absolute Gasteiger partial charge is 0.493 e. The summed E-state index contributed by atoms with van der Waals surface area (Å²) < 4.78 is 11.6. The SMILES string of the molecule is COc1ccc(CN2CCC(N3CCN(CCO)CC3)CC2)cc1OCc1ccccc1. The van der Waals surface area contributed by atoms with Crippen LogP contribution in [0.15, 0.2) is 48.5 Å². The van der Waals surface area contributed by atoms with Crippen molar-refractivity contribution in [2.75, 3.05) is 59.5 Å². The molecular weight excluding hydrogens is 402 g/mol. The van der Waals surface area contributed by atoms with Gasteiger partial charge in [0, 0.05) is 45.3 Å². The molecule has 2 fully saturated rings. The third kappa shape index (κ3) is 6.23. The monoisotopic (exact) mass is 439 g/mol. The number of piperazine rings is 1. The number of nitrogens with zero attached hydrogens (tertiary/aromatic N) is 3. The van der Waals surface area contributed by atoms with Crippen LogP contribution < -0.4 is 9.47 Å². The number of hydrogen-bond acceptors (Lipinski definition) is 6. The van der Waals surface area contributed by atoms with E-state index >= 15 is 0 Å². The fourth-order valence-electron chi connectivity index (χ4n) is 4.86. The van der Waals surface area contributed by atoms with E-state index in [4.69, 9.17) is 14.6 Å². The van der Waals surface area contributed by atoms with Crippen molar-refractivity contribution < 1.29 is 14.6 Å². The van der Waals surface area contributed by atoms with E-state index in [0.717, 1.165) is 69.4 Å². The molecule has 6 nitrogen and oxygen atoms in total. The molecule has 0 spiro atoms. The van der Waals surface area contributed by atoms with E-state index in [9.17, 15) is 0 Å². The summed E-state index contributed by atoms with van der Waals surface area (Å²) in [5.74, 6) is 1.59. The molecule has 32 heavy (non-hydrogen) atoms. The average Bonchev–Trinajstić information content (AvgIpc) is 2.85. The summed E-state index contributed by atoms with van der Waals surface area (Å²) in [4.78, 5) is 7.59. The highest BCUT2D eigenvalue weighted by Gasteiger charge is 2.27. The van der Waals surface area contributed by atoms with E-state index in [1.54, 1.807) is 7.11 Å². The van der Waals surface area contributed by atoms with Crippen LogP contribution in [0.1, 0.15) is 24.0 Å². The van der Waals surface area contributed by atoms with Crippen molar-refractivity contribution in [1.82, 2.24) is 14.7 Å². The summed E-state index contributed by atoms with van der Waals surface area (Å²) in [5, 5.41) is 9.14. The van der Waals surface area contributed by atoms with Gasteiger partial charge in [-0.15, -0.1) is 0 Å². The van der Waals surface area contributed by atoms with Gasteiger partial charge in [-0.05, 0) is 49.2 Å². The number of methoxy groups -OCH3 is 1. The quantitative estimate of drug-likeness (QED) is 0.649. The molecule has 2 aromatic rings. The minimum atomic E-state index is 0.267. The summed E-state index contributed by atoms with van der Waals surface area (Å²) in [7, 11) is 1.69. The van der Waals surface area contributed by atoms with Gasteiger partial charge in [-0.2, -0.15) is 0 Å². The highest BCUT2D eigenvalue weighted by atomic mass is 16.5. The first kappa shape index (κ1) is 23.1. The molecule has 0 atom stereocenters. The van der Waals surface area contributed by atoms with Gasteiger partial charge in [0.2, 0.25) is 0 Å². The molecular formula is C26H37N3O3. The molecule has 2 aliphatic heterocycles. The maximum absolute atomic E-state index is 9.14. The lowest BCUT2D eigenvalue weighted by molar-refractivity contribution is 0.0516. The number of benzene rings is 2. The Labute approximate surface area is 192 Å². The van der Waals surface area contributed by atoms with Gasteiger partial charge in [0.1, 0.15) is 6.61 Å². The third-order valence-electron chi connectivity index (χ3n) is 6.77. The van der Waals surface area contributed by atoms with Crippen molar-refractivity contribution >= 4 is 0 Å². The van der Waals surface area contributed by atoms with Crippen LogP contribution in [0, 0.1) is 0 Å². The summed E-state index contributed by atoms with van der Waals surface area (Å²) >= 11 is 0. The first-order valence-electron chi connectivity index (χ1n) is 11.9. The van der Waals surface area contributed by atoms with Gasteiger partial charge in [0.25, 0.3) is 0 Å². The van der Waals surface area contributed by atoms with E-state index in [1.807, 2.05) is 24.3 Å². The molecule has 0 aliphatic carbocycles. The Balaban J connectivity index is 1.27. The minimum absolute atomic E-state index is 0.267. The number of β-amino-alcohol motifs (C(OH)–C–C–N with tert-alkyl or cyclic N) is 1. The topological polar surface area (TPSA) is 48.4 Å². The van der Waals surface area contributed by atoms with Crippen LogP contribution >= 0.6 is 0 Å². The second-order valence-corrected chi connectivity index (χ2v) is 8.87. The lowest BCUT2D eigenvalue weighted by atomic mass is 10.0. The Morgan fingerprint density at radius 2 is 1.59 bits per heavy atom. The Morgan fingerprint density at radius 1 is 0.844 bits per heavy atom. The van der Waals surface area contributed by atoms with Gasteiger partial charge in [-0.3, -0.25) is 14.7 Å². The first-order chi connectivity index (χ1) is 15.7. The molecule has 6 heteroatoms. The zero-order valence-corrected chi connectivity index (χ0v) is 19.3. The van der Waals surface area contributed by atoms with Crippen LogP contribution in [0.3, 0.4) is 0 Å². The second kappa shape index (κ2) is 11.7. The Bertz CT molecular complexity index is 816. The molecule has 2 aromatic carbocycles. The van der Waals surface area contributed by atoms with Crippen LogP contribution in [0.5, 0.6) is 11.5 Å². The smallest absolute Gasteiger partial charge is 0.161 e. The lowest BCUT2D eigenvalue weighted by Crippen LogP contribution is -2.53. The van der Waals surface area contributed by atoms with Crippen molar-refractivity contribution in [2.24, 2.45) is 0 Å². The first-order valence-corrected chi connectivity index (χ1v) is 11.9. The average molecular weight is 440 g/mol. The Morgan fingerprint density at radius 3 is 2.28 bits per heavy atom. The zero-order chi connectivity index (χ0) is 22.2. The molecule has 4 rings (SSSR count). The van der Waals surface area contributed by atoms with Crippen LogP contribution in [0.25, 0.3) is 0 Å². The summed E-state index contributed by atoms with van der Waals surface area (Å²) in [6.45, 7) is 9.25. The molecule has 174 valence electrons. The fraction of sp³-hybridized carbons (Fsp3) is 0.538. The third-order valence-corrected chi connectivity index (χ3v) is 6.77. The Hall–Kier alpha value is -2.12. The zero-order valence-electron chi connectivity index (χ0n) is 19.3. The van der Waals surface area contributed by atoms with Crippen molar-refractivity contribution in [3.05, 3.63) is 59.7 Å². The molecule has 0 amide bonds. The van der Waals surface area contributed by atoms with Gasteiger partial charge in [-0.25, -0.2) is 0 Å². The van der Waals surface area contributed by atoms with Gasteiger partial charge in [0.15, 0.2) is 11.5 Å². The van der Waals surface area contributed by atoms with E-state index in [0.29, 0.717) is 12.6 Å². The molecule has 2 aliphatic rings. The van der Waals surface area contributed by atoms with Crippen LogP contribution in [0.2, 0.25) is 0 Å². The summed E-state index contributed by atoms with van der Waals surface area (Å²) in [6, 6.07) is 17.2. The minimum Gasteiger partial charge on any atom is -0.493 e. The number of piperidine rings is 1. The van der Waals surface area contributed by atoms with Gasteiger partial charge in [0.05, 0.1) is 13.7 Å². The van der Waals surface area contributed by atoms with E-state index < -0.39 is 0 Å². The van der Waals surface area contributed by atoms with E-state index in [1.165, 1.54) is 18.4 Å². The number of aliphatic hydroxyl groups is 1. The van der Waals surface area contributed by atoms with Crippen molar-refractivity contribution in [3.63, 3.8) is 0 Å². The predicted molar refractivity (Wildman–Crippen MR) is 127 cm³/mol. The van der Waals surface area contributed by atoms with Crippen LogP contribution in [-0.4, -0.2) is 85.4 Å². The second-order valence-electron chi connectivity index (χ2n) is 8.87. The number of rotatable bonds is 9. The normalized spacial score (nSPS) is 19.2. The van der Waals surface area contributed by atoms with Crippen molar-refractivity contribution in [3.8, 4) is 11.5 Å². The molecule has 0 aromatic heterocycles. The maximum Gasteiger partial charge on any atom is 0.161 e. The van der Waals surface area contributed by atoms with Gasteiger partial charge >= 0.3 is 0 Å². The molecule has 0 bridgehead atoms. The number of likely N-dealkylation sites (tertiary alicyclic amines) is 1. The fourth-order valence-corrected chi connectivity index (χ4v) is 4.86. The molecule has 2 saturated heterocycles. The molecule has 2 heterocycles. The molecule has 0 radical (unpaired) electrons. The molecule has 0 unspecified atom stereocenters. The van der Waals surface area contributed by atoms with E-state index in [2.05, 4.69) is 39.0 Å². The van der Waals surface area contributed by atoms with Crippen LogP contribution in [0.4, 0.5) is 0 Å². The number of hydrogen-bond donors (Lipinski definition) is 1. The Kier molecular flexibility index (Phi) is 8.40. The van der Waals surface area contributed by atoms with Crippen LogP contribution in [-0.2, 0) is 13.2 Å². The molecule has 1 N–H and O–H groups in total. The van der Waals surface area contributed by atoms with Gasteiger partial charge in [-0.1, -0.05) is 36.4 Å². The van der Waals surface area contributed by atoms with Gasteiger partial charge < -0.3 is 14.6 Å². The molecule has 0 saturated carbocycles. The van der Waals surface area contributed by atoms with Crippen molar-refractivity contribution in [2.45, 2.75) is 32.0 Å². The standard InChI is InChI=1S/C26H37N3O3/c1-31-25-8-7-23(19-26(25)32-21-22-5-3-2-4-6-22)20-28-11-9-24(10-12-28)29-15-13-27(14-16-29)17-18-30/h2-8,19,24,30H,9-18,20-21H2,1H3. The summed E-state index contributed by atoms with van der Waals surface area (Å²) in [6.07, 6.45) is 2.46. The highest BCUT2D eigenvalue weighted by Crippen LogP contribution is 2.30. The number of aliphatic hydroxyl groups excluding tert-OH is 1. The van der Waals surface area contributed by atoms with E-state index in [-0.39, 0.29) is 6.61 Å². The van der Waals surface area contributed by atoms with Crippen molar-refractivity contribution in [1.29, 1.82) is 0 Å². The number of ether oxygens (including phenoxy) is 2. The maximum atomic E-state index is 9.14.